The lowest BCUT2D eigenvalue weighted by molar-refractivity contribution is -0.186. The van der Waals surface area contributed by atoms with Gasteiger partial charge in [0.05, 0.1) is 5.25 Å². The lowest BCUT2D eigenvalue weighted by Crippen LogP contribution is -2.50. The number of urea groups is 1. The summed E-state index contributed by atoms with van der Waals surface area (Å²) < 4.78 is 65.0. The average Bonchev–Trinajstić information content (AvgIpc) is 3.35. The first-order chi connectivity index (χ1) is 14.6. The number of fused-ring (bicyclic) bond motifs is 2. The molecule has 0 aromatic heterocycles. The highest BCUT2D eigenvalue weighted by molar-refractivity contribution is 7.90. The van der Waals surface area contributed by atoms with Gasteiger partial charge in [0.2, 0.25) is 10.0 Å². The third kappa shape index (κ3) is 4.37. The van der Waals surface area contributed by atoms with Gasteiger partial charge >= 0.3 is 18.1 Å². The SMILES string of the molecule is O=C(Nc1c2c(cc3c1CCC3)CCC2)NS(=O)(=O)C1CCN(C(=O)C(F)(F)F)CC1. The topological polar surface area (TPSA) is 95.6 Å². The molecule has 31 heavy (non-hydrogen) atoms. The van der Waals surface area contributed by atoms with E-state index in [9.17, 15) is 31.2 Å². The van der Waals surface area contributed by atoms with E-state index in [0.717, 1.165) is 49.7 Å². The van der Waals surface area contributed by atoms with E-state index in [4.69, 9.17) is 0 Å². The lowest BCUT2D eigenvalue weighted by atomic mass is 9.99. The number of hydrogen-bond donors (Lipinski definition) is 2. The van der Waals surface area contributed by atoms with Crippen molar-refractivity contribution in [3.63, 3.8) is 0 Å². The molecule has 1 aliphatic heterocycles. The Hall–Kier alpha value is -2.30. The number of anilines is 1. The Labute approximate surface area is 178 Å². The highest BCUT2D eigenvalue weighted by Crippen LogP contribution is 2.38. The molecule has 0 spiro atoms. The number of hydrogen-bond acceptors (Lipinski definition) is 4. The van der Waals surface area contributed by atoms with Crippen LogP contribution < -0.4 is 10.0 Å². The molecule has 0 unspecified atom stereocenters. The second-order valence-electron chi connectivity index (χ2n) is 8.32. The summed E-state index contributed by atoms with van der Waals surface area (Å²) in [5, 5.41) is 1.70. The van der Waals surface area contributed by atoms with Crippen LogP contribution in [0.4, 0.5) is 23.7 Å². The summed E-state index contributed by atoms with van der Waals surface area (Å²) in [6.45, 7) is -0.656. The fourth-order valence-electron chi connectivity index (χ4n) is 4.87. The fourth-order valence-corrected chi connectivity index (χ4v) is 6.17. The van der Waals surface area contributed by atoms with Crippen molar-refractivity contribution in [2.75, 3.05) is 18.4 Å². The van der Waals surface area contributed by atoms with Crippen LogP contribution in [0.15, 0.2) is 6.07 Å². The molecule has 0 bridgehead atoms. The number of nitrogens with zero attached hydrogens (tertiary/aromatic N) is 1. The summed E-state index contributed by atoms with van der Waals surface area (Å²) in [6, 6.07) is 1.34. The molecule has 1 fully saturated rings. The number of alkyl halides is 3. The second-order valence-corrected chi connectivity index (χ2v) is 10.3. The van der Waals surface area contributed by atoms with E-state index in [1.54, 1.807) is 0 Å². The smallest absolute Gasteiger partial charge is 0.335 e. The van der Waals surface area contributed by atoms with Gasteiger partial charge in [-0.1, -0.05) is 6.07 Å². The highest BCUT2D eigenvalue weighted by atomic mass is 32.2. The van der Waals surface area contributed by atoms with Gasteiger partial charge in [-0.05, 0) is 73.6 Å². The molecule has 1 saturated heterocycles. The van der Waals surface area contributed by atoms with Crippen molar-refractivity contribution >= 4 is 27.6 Å². The number of carbonyl (C=O) groups is 2. The molecule has 0 saturated carbocycles. The Balaban J connectivity index is 1.41. The van der Waals surface area contributed by atoms with Crippen molar-refractivity contribution in [2.45, 2.75) is 62.8 Å². The minimum absolute atomic E-state index is 0.166. The van der Waals surface area contributed by atoms with E-state index in [1.807, 2.05) is 4.72 Å². The van der Waals surface area contributed by atoms with Crippen molar-refractivity contribution < 1.29 is 31.2 Å². The summed E-state index contributed by atoms with van der Waals surface area (Å²) >= 11 is 0. The molecule has 3 amide bonds. The van der Waals surface area contributed by atoms with Gasteiger partial charge in [-0.3, -0.25) is 4.79 Å². The third-order valence-electron chi connectivity index (χ3n) is 6.36. The van der Waals surface area contributed by atoms with Crippen molar-refractivity contribution in [2.24, 2.45) is 0 Å². The van der Waals surface area contributed by atoms with E-state index in [-0.39, 0.29) is 25.9 Å². The van der Waals surface area contributed by atoms with Gasteiger partial charge in [0.1, 0.15) is 0 Å². The van der Waals surface area contributed by atoms with Crippen LogP contribution in [-0.4, -0.2) is 49.8 Å². The quantitative estimate of drug-likeness (QED) is 0.727. The maximum Gasteiger partial charge on any atom is 0.471 e. The number of benzene rings is 1. The Morgan fingerprint density at radius 1 is 0.968 bits per heavy atom. The van der Waals surface area contributed by atoms with Crippen LogP contribution >= 0.6 is 0 Å². The molecule has 0 atom stereocenters. The molecule has 1 heterocycles. The second kappa shape index (κ2) is 7.99. The minimum atomic E-state index is -4.99. The zero-order valence-electron chi connectivity index (χ0n) is 16.8. The van der Waals surface area contributed by atoms with Gasteiger partial charge in [-0.2, -0.15) is 13.2 Å². The first kappa shape index (κ1) is 21.9. The molecule has 11 heteroatoms. The molecule has 170 valence electrons. The average molecular weight is 459 g/mol. The van der Waals surface area contributed by atoms with Gasteiger partial charge in [0, 0.05) is 18.8 Å². The largest absolute Gasteiger partial charge is 0.471 e. The Bertz CT molecular complexity index is 983. The molecule has 0 radical (unpaired) electrons. The number of halogens is 3. The van der Waals surface area contributed by atoms with Crippen molar-refractivity contribution in [1.82, 2.24) is 9.62 Å². The summed E-state index contributed by atoms with van der Waals surface area (Å²) in [6.07, 6.45) is 0.192. The number of aryl methyl sites for hydroxylation is 2. The maximum absolute atomic E-state index is 12.6. The van der Waals surface area contributed by atoms with Crippen LogP contribution in [0.3, 0.4) is 0 Å². The summed E-state index contributed by atoms with van der Waals surface area (Å²) in [5.41, 5.74) is 5.22. The molecule has 2 N–H and O–H groups in total. The molecular formula is C20H24F3N3O4S. The van der Waals surface area contributed by atoms with Crippen LogP contribution in [-0.2, 0) is 40.5 Å². The molecule has 3 aliphatic rings. The summed E-state index contributed by atoms with van der Waals surface area (Å²) in [4.78, 5) is 24.5. The van der Waals surface area contributed by atoms with Crippen LogP contribution in [0.25, 0.3) is 0 Å². The lowest BCUT2D eigenvalue weighted by Gasteiger charge is -2.32. The zero-order chi connectivity index (χ0) is 22.4. The van der Waals surface area contributed by atoms with Gasteiger partial charge in [-0.15, -0.1) is 0 Å². The maximum atomic E-state index is 12.6. The number of piperidine rings is 1. The summed E-state index contributed by atoms with van der Waals surface area (Å²) in [7, 11) is -4.10. The number of carbonyl (C=O) groups excluding carboxylic acids is 2. The standard InChI is InChI=1S/C20H24F3N3O4S/c21-20(22,23)18(27)26-9-7-14(8-10-26)31(29,30)25-19(28)24-17-15-5-1-3-12(15)11-13-4-2-6-16(13)17/h11,14H,1-10H2,(H2,24,25,28). The van der Waals surface area contributed by atoms with E-state index in [1.165, 1.54) is 11.1 Å². The van der Waals surface area contributed by atoms with Gasteiger partial charge in [0.25, 0.3) is 0 Å². The number of nitrogens with one attached hydrogen (secondary N) is 2. The van der Waals surface area contributed by atoms with E-state index in [2.05, 4.69) is 11.4 Å². The van der Waals surface area contributed by atoms with Gasteiger partial charge in [-0.25, -0.2) is 17.9 Å². The van der Waals surface area contributed by atoms with Crippen LogP contribution in [0.2, 0.25) is 0 Å². The van der Waals surface area contributed by atoms with Crippen LogP contribution in [0.1, 0.15) is 47.9 Å². The van der Waals surface area contributed by atoms with Crippen molar-refractivity contribution in [3.05, 3.63) is 28.3 Å². The number of sulfonamides is 1. The van der Waals surface area contributed by atoms with E-state index < -0.39 is 33.4 Å². The molecular weight excluding hydrogens is 435 g/mol. The third-order valence-corrected chi connectivity index (χ3v) is 8.18. The first-order valence-electron chi connectivity index (χ1n) is 10.4. The predicted octanol–water partition coefficient (Wildman–Crippen LogP) is 2.67. The monoisotopic (exact) mass is 459 g/mol. The molecule has 1 aromatic rings. The number of rotatable bonds is 3. The van der Waals surface area contributed by atoms with Gasteiger partial charge < -0.3 is 10.2 Å². The van der Waals surface area contributed by atoms with Crippen molar-refractivity contribution in [1.29, 1.82) is 0 Å². The molecule has 4 rings (SSSR count). The number of likely N-dealkylation sites (tertiary alicyclic amines) is 1. The minimum Gasteiger partial charge on any atom is -0.335 e. The molecule has 1 aromatic carbocycles. The molecule has 7 nitrogen and oxygen atoms in total. The Kier molecular flexibility index (Phi) is 5.65. The van der Waals surface area contributed by atoms with Crippen LogP contribution in [0.5, 0.6) is 0 Å². The first-order valence-corrected chi connectivity index (χ1v) is 12.0. The normalized spacial score (nSPS) is 19.1. The fraction of sp³-hybridized carbons (Fsp3) is 0.600. The van der Waals surface area contributed by atoms with Crippen LogP contribution in [0, 0.1) is 0 Å². The van der Waals surface area contributed by atoms with Gasteiger partial charge in [0.15, 0.2) is 0 Å². The summed E-state index contributed by atoms with van der Waals surface area (Å²) in [5.74, 6) is -1.97. The number of amides is 3. The van der Waals surface area contributed by atoms with Crippen molar-refractivity contribution in [3.8, 4) is 0 Å². The Morgan fingerprint density at radius 3 is 2.03 bits per heavy atom. The van der Waals surface area contributed by atoms with E-state index >= 15 is 0 Å². The Morgan fingerprint density at radius 2 is 1.52 bits per heavy atom. The van der Waals surface area contributed by atoms with E-state index in [0.29, 0.717) is 10.6 Å². The molecule has 2 aliphatic carbocycles. The predicted molar refractivity (Wildman–Crippen MR) is 107 cm³/mol. The highest BCUT2D eigenvalue weighted by Gasteiger charge is 2.44. The zero-order valence-corrected chi connectivity index (χ0v) is 17.7.